The van der Waals surface area contributed by atoms with Crippen LogP contribution in [0, 0.1) is 5.82 Å². The van der Waals surface area contributed by atoms with Crippen LogP contribution < -0.4 is 10.1 Å². The maximum absolute atomic E-state index is 12.7. The van der Waals surface area contributed by atoms with Gasteiger partial charge in [-0.1, -0.05) is 24.3 Å². The van der Waals surface area contributed by atoms with Crippen LogP contribution in [0.25, 0.3) is 0 Å². The molecule has 0 spiro atoms. The molecule has 0 aliphatic carbocycles. The molecule has 4 nitrogen and oxygen atoms in total. The molecule has 0 unspecified atom stereocenters. The SMILES string of the molecule is O=Cc1cccc(OCC(=O)NCc2ccc(F)cc2)c1. The number of ether oxygens (including phenoxy) is 1. The Labute approximate surface area is 121 Å². The molecule has 0 radical (unpaired) electrons. The van der Waals surface area contributed by atoms with Crippen LogP contribution in [-0.2, 0) is 11.3 Å². The Morgan fingerprint density at radius 3 is 2.67 bits per heavy atom. The number of rotatable bonds is 6. The molecule has 0 saturated carbocycles. The van der Waals surface area contributed by atoms with Crippen molar-refractivity contribution >= 4 is 12.2 Å². The summed E-state index contributed by atoms with van der Waals surface area (Å²) >= 11 is 0. The Morgan fingerprint density at radius 2 is 1.95 bits per heavy atom. The van der Waals surface area contributed by atoms with Gasteiger partial charge in [0.05, 0.1) is 0 Å². The maximum Gasteiger partial charge on any atom is 0.258 e. The molecule has 0 saturated heterocycles. The number of hydrogen-bond acceptors (Lipinski definition) is 3. The van der Waals surface area contributed by atoms with Gasteiger partial charge >= 0.3 is 0 Å². The first-order valence-electron chi connectivity index (χ1n) is 6.36. The van der Waals surface area contributed by atoms with Gasteiger partial charge in [0.1, 0.15) is 17.9 Å². The van der Waals surface area contributed by atoms with Gasteiger partial charge in [-0.25, -0.2) is 4.39 Å². The second-order valence-electron chi connectivity index (χ2n) is 4.38. The Morgan fingerprint density at radius 1 is 1.19 bits per heavy atom. The van der Waals surface area contributed by atoms with Crippen molar-refractivity contribution in [1.29, 1.82) is 0 Å². The van der Waals surface area contributed by atoms with E-state index in [-0.39, 0.29) is 18.3 Å². The third-order valence-corrected chi connectivity index (χ3v) is 2.77. The van der Waals surface area contributed by atoms with Gasteiger partial charge in [-0.15, -0.1) is 0 Å². The summed E-state index contributed by atoms with van der Waals surface area (Å²) in [5.74, 6) is -0.157. The Kier molecular flexibility index (Phi) is 5.04. The van der Waals surface area contributed by atoms with E-state index in [1.165, 1.54) is 12.1 Å². The van der Waals surface area contributed by atoms with Crippen LogP contribution in [0.3, 0.4) is 0 Å². The van der Waals surface area contributed by atoms with Crippen molar-refractivity contribution in [3.63, 3.8) is 0 Å². The normalized spacial score (nSPS) is 9.95. The summed E-state index contributed by atoms with van der Waals surface area (Å²) < 4.78 is 18.0. The lowest BCUT2D eigenvalue weighted by Gasteiger charge is -2.08. The first-order chi connectivity index (χ1) is 10.2. The van der Waals surface area contributed by atoms with Crippen molar-refractivity contribution in [1.82, 2.24) is 5.32 Å². The van der Waals surface area contributed by atoms with Crippen LogP contribution in [0.5, 0.6) is 5.75 Å². The number of benzene rings is 2. The van der Waals surface area contributed by atoms with Crippen LogP contribution in [0.1, 0.15) is 15.9 Å². The smallest absolute Gasteiger partial charge is 0.258 e. The number of nitrogens with one attached hydrogen (secondary N) is 1. The molecule has 2 aromatic carbocycles. The third-order valence-electron chi connectivity index (χ3n) is 2.77. The van der Waals surface area contributed by atoms with Crippen LogP contribution in [0.15, 0.2) is 48.5 Å². The number of aldehydes is 1. The van der Waals surface area contributed by atoms with E-state index in [0.29, 0.717) is 24.1 Å². The highest BCUT2D eigenvalue weighted by Crippen LogP contribution is 2.11. The molecule has 0 heterocycles. The van der Waals surface area contributed by atoms with Gasteiger partial charge in [0.15, 0.2) is 6.61 Å². The van der Waals surface area contributed by atoms with Gasteiger partial charge in [-0.05, 0) is 29.8 Å². The van der Waals surface area contributed by atoms with E-state index in [0.717, 1.165) is 5.56 Å². The predicted molar refractivity (Wildman–Crippen MR) is 75.6 cm³/mol. The summed E-state index contributed by atoms with van der Waals surface area (Å²) in [5.41, 5.74) is 1.28. The fraction of sp³-hybridized carbons (Fsp3) is 0.125. The topological polar surface area (TPSA) is 55.4 Å². The standard InChI is InChI=1S/C16H14FNO3/c17-14-6-4-12(5-7-14)9-18-16(20)11-21-15-3-1-2-13(8-15)10-19/h1-8,10H,9,11H2,(H,18,20). The van der Waals surface area contributed by atoms with Crippen molar-refractivity contribution in [2.45, 2.75) is 6.54 Å². The molecule has 0 bridgehead atoms. The molecule has 0 atom stereocenters. The van der Waals surface area contributed by atoms with Gasteiger partial charge in [-0.3, -0.25) is 9.59 Å². The molecule has 1 N–H and O–H groups in total. The second-order valence-corrected chi connectivity index (χ2v) is 4.38. The van der Waals surface area contributed by atoms with Gasteiger partial charge in [0.2, 0.25) is 0 Å². The number of carbonyl (C=O) groups excluding carboxylic acids is 2. The minimum atomic E-state index is -0.316. The van der Waals surface area contributed by atoms with E-state index in [4.69, 9.17) is 4.74 Å². The van der Waals surface area contributed by atoms with Crippen molar-refractivity contribution in [3.05, 3.63) is 65.5 Å². The van der Waals surface area contributed by atoms with Gasteiger partial charge in [-0.2, -0.15) is 0 Å². The van der Waals surface area contributed by atoms with E-state index >= 15 is 0 Å². The molecule has 21 heavy (non-hydrogen) atoms. The Hall–Kier alpha value is -2.69. The van der Waals surface area contributed by atoms with Crippen molar-refractivity contribution in [3.8, 4) is 5.75 Å². The van der Waals surface area contributed by atoms with E-state index in [1.54, 1.807) is 36.4 Å². The number of amides is 1. The van der Waals surface area contributed by atoms with Crippen molar-refractivity contribution < 1.29 is 18.7 Å². The summed E-state index contributed by atoms with van der Waals surface area (Å²) in [6, 6.07) is 12.4. The molecule has 0 aromatic heterocycles. The first kappa shape index (κ1) is 14.7. The molecule has 0 aliphatic heterocycles. The minimum Gasteiger partial charge on any atom is -0.484 e. The summed E-state index contributed by atoms with van der Waals surface area (Å²) in [5, 5.41) is 2.66. The summed E-state index contributed by atoms with van der Waals surface area (Å²) in [6.07, 6.45) is 0.710. The fourth-order valence-electron chi connectivity index (χ4n) is 1.68. The van der Waals surface area contributed by atoms with Crippen LogP contribution in [0.4, 0.5) is 4.39 Å². The highest BCUT2D eigenvalue weighted by molar-refractivity contribution is 5.78. The molecule has 2 aromatic rings. The summed E-state index contributed by atoms with van der Waals surface area (Å²) in [4.78, 5) is 22.3. The first-order valence-corrected chi connectivity index (χ1v) is 6.36. The van der Waals surface area contributed by atoms with E-state index in [1.807, 2.05) is 0 Å². The monoisotopic (exact) mass is 287 g/mol. The highest BCUT2D eigenvalue weighted by atomic mass is 19.1. The average Bonchev–Trinajstić information content (AvgIpc) is 2.52. The lowest BCUT2D eigenvalue weighted by Crippen LogP contribution is -2.28. The molecule has 2 rings (SSSR count). The van der Waals surface area contributed by atoms with Gasteiger partial charge in [0, 0.05) is 12.1 Å². The van der Waals surface area contributed by atoms with E-state index in [9.17, 15) is 14.0 Å². The quantitative estimate of drug-likeness (QED) is 0.830. The second kappa shape index (κ2) is 7.19. The summed E-state index contributed by atoms with van der Waals surface area (Å²) in [6.45, 7) is 0.153. The zero-order valence-electron chi connectivity index (χ0n) is 11.2. The molecule has 5 heteroatoms. The predicted octanol–water partition coefficient (Wildman–Crippen LogP) is 2.33. The number of halogens is 1. The van der Waals surface area contributed by atoms with Gasteiger partial charge in [0.25, 0.3) is 5.91 Å². The van der Waals surface area contributed by atoms with E-state index < -0.39 is 0 Å². The average molecular weight is 287 g/mol. The molecular weight excluding hydrogens is 273 g/mol. The summed E-state index contributed by atoms with van der Waals surface area (Å²) in [7, 11) is 0. The van der Waals surface area contributed by atoms with Gasteiger partial charge < -0.3 is 10.1 Å². The number of carbonyl (C=O) groups is 2. The zero-order valence-corrected chi connectivity index (χ0v) is 11.2. The zero-order chi connectivity index (χ0) is 15.1. The minimum absolute atomic E-state index is 0.149. The Bertz CT molecular complexity index is 626. The largest absolute Gasteiger partial charge is 0.484 e. The lowest BCUT2D eigenvalue weighted by atomic mass is 10.2. The Balaban J connectivity index is 1.79. The third kappa shape index (κ3) is 4.72. The lowest BCUT2D eigenvalue weighted by molar-refractivity contribution is -0.123. The fourth-order valence-corrected chi connectivity index (χ4v) is 1.68. The molecule has 108 valence electrons. The molecule has 0 fully saturated rings. The van der Waals surface area contributed by atoms with Crippen molar-refractivity contribution in [2.75, 3.05) is 6.61 Å². The molecule has 1 amide bonds. The molecule has 0 aliphatic rings. The molecular formula is C16H14FNO3. The van der Waals surface area contributed by atoms with Crippen LogP contribution >= 0.6 is 0 Å². The van der Waals surface area contributed by atoms with Crippen molar-refractivity contribution in [2.24, 2.45) is 0 Å². The van der Waals surface area contributed by atoms with Crippen LogP contribution in [-0.4, -0.2) is 18.8 Å². The number of hydrogen-bond donors (Lipinski definition) is 1. The van der Waals surface area contributed by atoms with E-state index in [2.05, 4.69) is 5.32 Å². The maximum atomic E-state index is 12.7. The van der Waals surface area contributed by atoms with Crippen LogP contribution in [0.2, 0.25) is 0 Å². The highest BCUT2D eigenvalue weighted by Gasteiger charge is 2.03.